The van der Waals surface area contributed by atoms with E-state index in [4.69, 9.17) is 0 Å². The van der Waals surface area contributed by atoms with Crippen LogP contribution in [0.25, 0.3) is 0 Å². The summed E-state index contributed by atoms with van der Waals surface area (Å²) < 4.78 is 67.0. The van der Waals surface area contributed by atoms with E-state index in [0.717, 1.165) is 0 Å². The summed E-state index contributed by atoms with van der Waals surface area (Å²) in [4.78, 5) is 14.2. The molecule has 1 amide bonds. The number of benzene rings is 2. The molecule has 0 fully saturated rings. The van der Waals surface area contributed by atoms with E-state index in [0.29, 0.717) is 12.1 Å². The Bertz CT molecular complexity index is 769. The highest BCUT2D eigenvalue weighted by Gasteiger charge is 2.28. The van der Waals surface area contributed by atoms with Crippen molar-refractivity contribution in [1.29, 1.82) is 0 Å². The predicted molar refractivity (Wildman–Crippen MR) is 85.6 cm³/mol. The van der Waals surface area contributed by atoms with E-state index >= 15 is 0 Å². The maximum absolute atomic E-state index is 13.7. The molecule has 0 heterocycles. The maximum Gasteiger partial charge on any atom is 0.242 e. The SMILES string of the molecule is CCN(C)[C@H](C(=O)NCc1c(F)c(F)c(F)c(F)c1F)c1ccccc1. The van der Waals surface area contributed by atoms with Gasteiger partial charge in [-0.15, -0.1) is 0 Å². The largest absolute Gasteiger partial charge is 0.350 e. The van der Waals surface area contributed by atoms with Crippen LogP contribution >= 0.6 is 0 Å². The first kappa shape index (κ1) is 19.8. The molecule has 0 saturated carbocycles. The zero-order valence-electron chi connectivity index (χ0n) is 14.1. The van der Waals surface area contributed by atoms with Crippen molar-refractivity contribution in [2.24, 2.45) is 0 Å². The number of rotatable bonds is 6. The summed E-state index contributed by atoms with van der Waals surface area (Å²) in [7, 11) is 1.68. The predicted octanol–water partition coefficient (Wildman–Crippen LogP) is 3.69. The zero-order valence-corrected chi connectivity index (χ0v) is 14.1. The third-order valence-corrected chi connectivity index (χ3v) is 4.04. The highest BCUT2D eigenvalue weighted by atomic mass is 19.2. The second-order valence-electron chi connectivity index (χ2n) is 5.65. The lowest BCUT2D eigenvalue weighted by molar-refractivity contribution is -0.126. The molecular formula is C18H17F5N2O. The lowest BCUT2D eigenvalue weighted by Crippen LogP contribution is -2.38. The summed E-state index contributed by atoms with van der Waals surface area (Å²) in [6.07, 6.45) is 0. The van der Waals surface area contributed by atoms with E-state index < -0.39 is 53.1 Å². The average molecular weight is 372 g/mol. The van der Waals surface area contributed by atoms with Crippen LogP contribution in [0.5, 0.6) is 0 Å². The molecule has 3 nitrogen and oxygen atoms in total. The Balaban J connectivity index is 2.27. The van der Waals surface area contributed by atoms with E-state index in [1.807, 2.05) is 6.92 Å². The first-order valence-corrected chi connectivity index (χ1v) is 7.82. The van der Waals surface area contributed by atoms with E-state index in [-0.39, 0.29) is 0 Å². The standard InChI is InChI=1S/C18H17F5N2O/c1-3-25(2)17(10-7-5-4-6-8-10)18(26)24-9-11-12(19)14(21)16(23)15(22)13(11)20/h4-8,17H,3,9H2,1-2H3,(H,24,26)/t17-/m0/s1. The third-order valence-electron chi connectivity index (χ3n) is 4.04. The Morgan fingerprint density at radius 3 is 1.96 bits per heavy atom. The number of amides is 1. The summed E-state index contributed by atoms with van der Waals surface area (Å²) in [6.45, 7) is 1.48. The maximum atomic E-state index is 13.7. The summed E-state index contributed by atoms with van der Waals surface area (Å²) in [5.41, 5.74) is -0.451. The highest BCUT2D eigenvalue weighted by molar-refractivity contribution is 5.83. The summed E-state index contributed by atoms with van der Waals surface area (Å²) in [5, 5.41) is 2.25. The molecule has 0 unspecified atom stereocenters. The van der Waals surface area contributed by atoms with Crippen LogP contribution in [0.4, 0.5) is 22.0 Å². The molecule has 0 saturated heterocycles. The normalized spacial score (nSPS) is 12.3. The number of likely N-dealkylation sites (N-methyl/N-ethyl adjacent to an activating group) is 1. The minimum absolute atomic E-state index is 0.496. The fourth-order valence-corrected chi connectivity index (χ4v) is 2.50. The zero-order chi connectivity index (χ0) is 19.4. The van der Waals surface area contributed by atoms with Crippen molar-refractivity contribution in [3.63, 3.8) is 0 Å². The van der Waals surface area contributed by atoms with Gasteiger partial charge in [0.2, 0.25) is 11.7 Å². The highest BCUT2D eigenvalue weighted by Crippen LogP contribution is 2.24. The van der Waals surface area contributed by atoms with Crippen molar-refractivity contribution in [3.8, 4) is 0 Å². The molecule has 1 N–H and O–H groups in total. The van der Waals surface area contributed by atoms with E-state index in [1.165, 1.54) is 0 Å². The molecule has 2 aromatic rings. The van der Waals surface area contributed by atoms with Gasteiger partial charge in [0.05, 0.1) is 0 Å². The van der Waals surface area contributed by atoms with Crippen LogP contribution in [0.15, 0.2) is 30.3 Å². The number of nitrogens with one attached hydrogen (secondary N) is 1. The number of hydrogen-bond acceptors (Lipinski definition) is 2. The summed E-state index contributed by atoms with van der Waals surface area (Å²) >= 11 is 0. The molecule has 0 radical (unpaired) electrons. The molecular weight excluding hydrogens is 355 g/mol. The minimum atomic E-state index is -2.23. The molecule has 2 aromatic carbocycles. The van der Waals surface area contributed by atoms with Gasteiger partial charge in [0, 0.05) is 12.1 Å². The number of hydrogen-bond donors (Lipinski definition) is 1. The lowest BCUT2D eigenvalue weighted by atomic mass is 10.0. The molecule has 0 aliphatic heterocycles. The molecule has 8 heteroatoms. The van der Waals surface area contributed by atoms with Crippen LogP contribution in [0.1, 0.15) is 24.1 Å². The van der Waals surface area contributed by atoms with Crippen molar-refractivity contribution in [3.05, 3.63) is 70.5 Å². The topological polar surface area (TPSA) is 32.3 Å². The fourth-order valence-electron chi connectivity index (χ4n) is 2.50. The van der Waals surface area contributed by atoms with Gasteiger partial charge in [0.15, 0.2) is 23.3 Å². The molecule has 2 rings (SSSR count). The van der Waals surface area contributed by atoms with Crippen LogP contribution in [-0.2, 0) is 11.3 Å². The van der Waals surface area contributed by atoms with Crippen molar-refractivity contribution in [2.75, 3.05) is 13.6 Å². The lowest BCUT2D eigenvalue weighted by Gasteiger charge is -2.26. The molecule has 0 spiro atoms. The molecule has 140 valence electrons. The average Bonchev–Trinajstić information content (AvgIpc) is 2.65. The van der Waals surface area contributed by atoms with Gasteiger partial charge in [-0.1, -0.05) is 37.3 Å². The van der Waals surface area contributed by atoms with Crippen molar-refractivity contribution in [1.82, 2.24) is 10.2 Å². The van der Waals surface area contributed by atoms with Gasteiger partial charge < -0.3 is 5.32 Å². The Hall–Kier alpha value is -2.48. The second-order valence-corrected chi connectivity index (χ2v) is 5.65. The smallest absolute Gasteiger partial charge is 0.242 e. The fraction of sp³-hybridized carbons (Fsp3) is 0.278. The van der Waals surface area contributed by atoms with Crippen molar-refractivity contribution < 1.29 is 26.7 Å². The quantitative estimate of drug-likeness (QED) is 0.477. The van der Waals surface area contributed by atoms with Crippen LogP contribution in [0.2, 0.25) is 0 Å². The minimum Gasteiger partial charge on any atom is -0.350 e. The number of carbonyl (C=O) groups excluding carboxylic acids is 1. The van der Waals surface area contributed by atoms with Gasteiger partial charge in [-0.05, 0) is 19.2 Å². The van der Waals surface area contributed by atoms with Crippen LogP contribution in [0.3, 0.4) is 0 Å². The Morgan fingerprint density at radius 1 is 0.962 bits per heavy atom. The monoisotopic (exact) mass is 372 g/mol. The molecule has 1 atom stereocenters. The molecule has 0 aliphatic carbocycles. The number of carbonyl (C=O) groups is 1. The van der Waals surface area contributed by atoms with E-state index in [9.17, 15) is 26.7 Å². The number of nitrogens with zero attached hydrogens (tertiary/aromatic N) is 1. The van der Waals surface area contributed by atoms with E-state index in [1.54, 1.807) is 42.3 Å². The Kier molecular flexibility index (Phi) is 6.31. The van der Waals surface area contributed by atoms with Crippen molar-refractivity contribution in [2.45, 2.75) is 19.5 Å². The Morgan fingerprint density at radius 2 is 1.46 bits per heavy atom. The van der Waals surface area contributed by atoms with Crippen LogP contribution in [-0.4, -0.2) is 24.4 Å². The van der Waals surface area contributed by atoms with E-state index in [2.05, 4.69) is 5.32 Å². The second kappa shape index (κ2) is 8.27. The Labute approximate surface area is 147 Å². The molecule has 26 heavy (non-hydrogen) atoms. The molecule has 0 aromatic heterocycles. The first-order chi connectivity index (χ1) is 12.3. The van der Waals surface area contributed by atoms with Gasteiger partial charge >= 0.3 is 0 Å². The van der Waals surface area contributed by atoms with Crippen LogP contribution in [0, 0.1) is 29.1 Å². The van der Waals surface area contributed by atoms with Gasteiger partial charge in [-0.25, -0.2) is 22.0 Å². The molecule has 0 bridgehead atoms. The van der Waals surface area contributed by atoms with Crippen molar-refractivity contribution >= 4 is 5.91 Å². The molecule has 0 aliphatic rings. The number of halogens is 5. The summed E-state index contributed by atoms with van der Waals surface area (Å²) in [6, 6.07) is 7.84. The first-order valence-electron chi connectivity index (χ1n) is 7.82. The van der Waals surface area contributed by atoms with Gasteiger partial charge in [0.1, 0.15) is 6.04 Å². The third kappa shape index (κ3) is 3.85. The van der Waals surface area contributed by atoms with Gasteiger partial charge in [0.25, 0.3) is 0 Å². The van der Waals surface area contributed by atoms with Crippen LogP contribution < -0.4 is 5.32 Å². The summed E-state index contributed by atoms with van der Waals surface area (Å²) in [5.74, 6) is -10.9. The van der Waals surface area contributed by atoms with Gasteiger partial charge in [-0.3, -0.25) is 9.69 Å². The van der Waals surface area contributed by atoms with Gasteiger partial charge in [-0.2, -0.15) is 0 Å².